The maximum atomic E-state index is 14.0. The molecule has 1 unspecified atom stereocenters. The summed E-state index contributed by atoms with van der Waals surface area (Å²) in [6.07, 6.45) is 7.92. The van der Waals surface area contributed by atoms with Gasteiger partial charge in [0.25, 0.3) is 0 Å². The Kier molecular flexibility index (Phi) is 8.33. The first-order valence-corrected chi connectivity index (χ1v) is 12.5. The lowest BCUT2D eigenvalue weighted by molar-refractivity contribution is -0.776. The molecule has 1 atom stereocenters. The number of nitrogens with two attached hydrogens (primary N) is 1. The molecule has 192 valence electrons. The Morgan fingerprint density at radius 3 is 2.78 bits per heavy atom. The van der Waals surface area contributed by atoms with E-state index < -0.39 is 11.9 Å². The van der Waals surface area contributed by atoms with Crippen molar-refractivity contribution in [3.05, 3.63) is 58.2 Å². The molecule has 0 spiro atoms. The van der Waals surface area contributed by atoms with E-state index >= 15 is 0 Å². The molecule has 1 saturated carbocycles. The zero-order valence-electron chi connectivity index (χ0n) is 19.7. The summed E-state index contributed by atoms with van der Waals surface area (Å²) < 4.78 is 27.1. The number of aliphatic hydroxyl groups is 1. The number of ether oxygens (including phenoxy) is 2. The molecule has 0 radical (unpaired) electrons. The van der Waals surface area contributed by atoms with Crippen molar-refractivity contribution >= 4 is 35.0 Å². The number of hydrogen-bond donors (Lipinski definition) is 3. The van der Waals surface area contributed by atoms with Gasteiger partial charge >= 0.3 is 5.97 Å². The molecule has 2 heterocycles. The number of nitrogen functional groups attached to an aromatic ring is 1. The number of aromatic nitrogens is 3. The first-order chi connectivity index (χ1) is 17.3. The average molecular weight is 538 g/mol. The number of aromatic amines is 1. The predicted octanol–water partition coefficient (Wildman–Crippen LogP) is 4.80. The Bertz CT molecular complexity index is 1230. The lowest BCUT2D eigenvalue weighted by Gasteiger charge is -2.22. The second-order valence-electron chi connectivity index (χ2n) is 8.79. The van der Waals surface area contributed by atoms with Gasteiger partial charge in [0.1, 0.15) is 18.5 Å². The van der Waals surface area contributed by atoms with Gasteiger partial charge in [0.05, 0.1) is 29.3 Å². The molecule has 1 aliphatic carbocycles. The van der Waals surface area contributed by atoms with Crippen LogP contribution in [0, 0.1) is 11.7 Å². The smallest absolute Gasteiger partial charge is 0.309 e. The maximum absolute atomic E-state index is 14.0. The molecule has 2 aromatic heterocycles. The van der Waals surface area contributed by atoms with E-state index in [-0.39, 0.29) is 42.0 Å². The lowest BCUT2D eigenvalue weighted by Crippen LogP contribution is -2.43. The van der Waals surface area contributed by atoms with Gasteiger partial charge < -0.3 is 20.3 Å². The fourth-order valence-corrected chi connectivity index (χ4v) is 5.14. The number of anilines is 1. The number of nitrogens with zero attached hydrogens (tertiary/aromatic N) is 2. The highest BCUT2D eigenvalue weighted by Crippen LogP contribution is 2.37. The number of benzene rings is 1. The quantitative estimate of drug-likeness (QED) is 0.216. The minimum absolute atomic E-state index is 0.0376. The summed E-state index contributed by atoms with van der Waals surface area (Å²) in [5, 5.41) is 12.3. The number of nitrogens with one attached hydrogen (secondary N) is 1. The normalized spacial score (nSPS) is 18.6. The third kappa shape index (κ3) is 5.74. The van der Waals surface area contributed by atoms with E-state index in [0.29, 0.717) is 16.3 Å². The summed E-state index contributed by atoms with van der Waals surface area (Å²) in [4.78, 5) is 16.3. The molecule has 3 aromatic rings. The van der Waals surface area contributed by atoms with E-state index in [0.717, 1.165) is 36.8 Å². The van der Waals surface area contributed by atoms with E-state index in [2.05, 4.69) is 10.1 Å². The van der Waals surface area contributed by atoms with Crippen molar-refractivity contribution in [2.45, 2.75) is 44.8 Å². The average Bonchev–Trinajstić information content (AvgIpc) is 3.37. The van der Waals surface area contributed by atoms with Gasteiger partial charge in [-0.25, -0.2) is 9.37 Å². The lowest BCUT2D eigenvalue weighted by atomic mass is 9.86. The van der Waals surface area contributed by atoms with Crippen molar-refractivity contribution < 1.29 is 28.4 Å². The number of hydrogen-bond acceptors (Lipinski definition) is 6. The van der Waals surface area contributed by atoms with E-state index in [4.69, 9.17) is 43.5 Å². The minimum atomic E-state index is -0.671. The van der Waals surface area contributed by atoms with Crippen LogP contribution < -0.4 is 15.2 Å². The molecule has 0 saturated heterocycles. The predicted molar refractivity (Wildman–Crippen MR) is 133 cm³/mol. The van der Waals surface area contributed by atoms with Crippen LogP contribution in [0.5, 0.6) is 5.75 Å². The summed E-state index contributed by atoms with van der Waals surface area (Å²) in [5.74, 6) is -0.449. The van der Waals surface area contributed by atoms with E-state index in [9.17, 15) is 9.18 Å². The Balaban J connectivity index is 1.46. The van der Waals surface area contributed by atoms with Gasteiger partial charge in [-0.05, 0) is 38.0 Å². The molecule has 1 aromatic carbocycles. The third-order valence-electron chi connectivity index (χ3n) is 6.41. The molecular weight excluding hydrogens is 510 g/mol. The highest BCUT2D eigenvalue weighted by atomic mass is 35.5. The highest BCUT2D eigenvalue weighted by Gasteiger charge is 2.33. The zero-order chi connectivity index (χ0) is 25.8. The number of halogens is 3. The van der Waals surface area contributed by atoms with Crippen LogP contribution in [-0.2, 0) is 9.53 Å². The van der Waals surface area contributed by atoms with Gasteiger partial charge in [-0.2, -0.15) is 5.10 Å². The van der Waals surface area contributed by atoms with Crippen LogP contribution in [0.1, 0.15) is 50.3 Å². The van der Waals surface area contributed by atoms with Crippen LogP contribution in [0.15, 0.2) is 36.8 Å². The molecule has 0 amide bonds. The van der Waals surface area contributed by atoms with Crippen LogP contribution in [-0.4, -0.2) is 34.4 Å². The minimum Gasteiger partial charge on any atom is -0.482 e. The molecule has 0 bridgehead atoms. The Morgan fingerprint density at radius 2 is 2.06 bits per heavy atom. The molecular formula is C25H28Cl2FN4O4+. The highest BCUT2D eigenvalue weighted by molar-refractivity contribution is 6.36. The van der Waals surface area contributed by atoms with Gasteiger partial charge in [-0.1, -0.05) is 23.2 Å². The number of aliphatic hydroxyl groups excluding tert-OH is 1. The maximum Gasteiger partial charge on any atom is 0.309 e. The van der Waals surface area contributed by atoms with Crippen molar-refractivity contribution in [1.82, 2.24) is 10.1 Å². The van der Waals surface area contributed by atoms with Crippen LogP contribution >= 0.6 is 23.2 Å². The number of carbonyl (C=O) groups is 1. The van der Waals surface area contributed by atoms with E-state index in [1.807, 2.05) is 17.1 Å². The first-order valence-electron chi connectivity index (χ1n) is 11.7. The summed E-state index contributed by atoms with van der Waals surface area (Å²) in [5.41, 5.74) is 8.04. The van der Waals surface area contributed by atoms with Crippen LogP contribution in [0.3, 0.4) is 0 Å². The Morgan fingerprint density at radius 1 is 1.31 bits per heavy atom. The van der Waals surface area contributed by atoms with Crippen molar-refractivity contribution in [3.63, 3.8) is 0 Å². The molecule has 36 heavy (non-hydrogen) atoms. The van der Waals surface area contributed by atoms with Gasteiger partial charge in [-0.3, -0.25) is 4.79 Å². The van der Waals surface area contributed by atoms with Crippen molar-refractivity contribution in [2.75, 3.05) is 18.9 Å². The fraction of sp³-hybridized carbons (Fsp3) is 0.400. The number of rotatable bonds is 8. The van der Waals surface area contributed by atoms with Crippen LogP contribution in [0.4, 0.5) is 10.2 Å². The molecule has 1 aliphatic rings. The molecule has 1 fully saturated rings. The van der Waals surface area contributed by atoms with Crippen molar-refractivity contribution in [1.29, 1.82) is 0 Å². The largest absolute Gasteiger partial charge is 0.482 e. The third-order valence-corrected chi connectivity index (χ3v) is 7.12. The number of carbonyl (C=O) groups excluding carboxylic acids is 1. The first kappa shape index (κ1) is 26.2. The monoisotopic (exact) mass is 537 g/mol. The SMILES string of the molecule is CC(Oc1cc(-c2c[nH][n+](C3CCC(C(=O)OCCO)CC3)c2)cnc1N)c1c(Cl)ccc(F)c1Cl. The summed E-state index contributed by atoms with van der Waals surface area (Å²) in [6.45, 7) is 1.58. The number of esters is 1. The summed E-state index contributed by atoms with van der Waals surface area (Å²) in [7, 11) is 0. The van der Waals surface area contributed by atoms with Gasteiger partial charge in [0.2, 0.25) is 6.20 Å². The standard InChI is InChI=1S/C25H27Cl2FN4O4/c1-14(22-19(26)6-7-20(28)23(22)27)36-21-10-16(11-30-24(21)29)17-12-31-32(13-17)18-4-2-15(3-5-18)25(34)35-9-8-33/h6-7,10-15,18,33H,2-5,8-9H2,1H3,(H2,29,30)/p+1. The summed E-state index contributed by atoms with van der Waals surface area (Å²) in [6, 6.07) is 4.62. The molecule has 0 aliphatic heterocycles. The fourth-order valence-electron chi connectivity index (χ4n) is 4.46. The molecule has 4 N–H and O–H groups in total. The topological polar surface area (TPSA) is 114 Å². The molecule has 11 heteroatoms. The zero-order valence-corrected chi connectivity index (χ0v) is 21.2. The van der Waals surface area contributed by atoms with Crippen LogP contribution in [0.25, 0.3) is 11.1 Å². The molecule has 4 rings (SSSR count). The van der Waals surface area contributed by atoms with E-state index in [1.54, 1.807) is 19.2 Å². The Hall–Kier alpha value is -2.88. The summed E-state index contributed by atoms with van der Waals surface area (Å²) >= 11 is 12.4. The molecule has 8 nitrogen and oxygen atoms in total. The Labute approximate surface area is 218 Å². The van der Waals surface area contributed by atoms with Crippen molar-refractivity contribution in [3.8, 4) is 16.9 Å². The second-order valence-corrected chi connectivity index (χ2v) is 9.57. The van der Waals surface area contributed by atoms with Gasteiger partial charge in [0, 0.05) is 35.2 Å². The van der Waals surface area contributed by atoms with Gasteiger partial charge in [0.15, 0.2) is 17.6 Å². The van der Waals surface area contributed by atoms with Gasteiger partial charge in [-0.15, -0.1) is 4.68 Å². The number of pyridine rings is 1. The van der Waals surface area contributed by atoms with E-state index in [1.165, 1.54) is 12.1 Å². The number of H-pyrrole nitrogens is 1. The second kappa shape index (κ2) is 11.5. The van der Waals surface area contributed by atoms with Crippen LogP contribution in [0.2, 0.25) is 10.0 Å². The van der Waals surface area contributed by atoms with Crippen molar-refractivity contribution in [2.24, 2.45) is 5.92 Å².